The number of nitrogens with zero attached hydrogens (tertiary/aromatic N) is 1. The van der Waals surface area contributed by atoms with E-state index in [1.165, 1.54) is 23.4 Å². The maximum Gasteiger partial charge on any atom is 0.243 e. The minimum atomic E-state index is -3.53. The first-order chi connectivity index (χ1) is 9.79. The van der Waals surface area contributed by atoms with Crippen LogP contribution in [-0.4, -0.2) is 43.9 Å². The maximum absolute atomic E-state index is 12.6. The van der Waals surface area contributed by atoms with Crippen LogP contribution in [0.5, 0.6) is 0 Å². The molecule has 0 aromatic heterocycles. The second kappa shape index (κ2) is 6.13. The topological polar surface area (TPSA) is 75.7 Å². The quantitative estimate of drug-likeness (QED) is 0.916. The van der Waals surface area contributed by atoms with Gasteiger partial charge in [-0.1, -0.05) is 0 Å². The Morgan fingerprint density at radius 3 is 2.19 bits per heavy atom. The maximum atomic E-state index is 12.6. The molecule has 21 heavy (non-hydrogen) atoms. The van der Waals surface area contributed by atoms with E-state index in [1.807, 2.05) is 13.8 Å². The van der Waals surface area contributed by atoms with Crippen LogP contribution in [0.15, 0.2) is 29.2 Å². The zero-order valence-corrected chi connectivity index (χ0v) is 13.2. The molecule has 0 unspecified atom stereocenters. The molecule has 0 aliphatic carbocycles. The van der Waals surface area contributed by atoms with Crippen LogP contribution in [0.25, 0.3) is 0 Å². The Hall–Kier alpha value is -1.44. The molecule has 0 spiro atoms. The molecule has 1 aliphatic rings. The molecule has 1 aliphatic heterocycles. The summed E-state index contributed by atoms with van der Waals surface area (Å²) in [5, 5.41) is 2.61. The summed E-state index contributed by atoms with van der Waals surface area (Å²) >= 11 is 0. The average molecular weight is 312 g/mol. The molecular weight excluding hydrogens is 292 g/mol. The molecule has 1 saturated heterocycles. The van der Waals surface area contributed by atoms with E-state index in [2.05, 4.69) is 5.32 Å². The molecular formula is C14H20N2O4S. The van der Waals surface area contributed by atoms with Crippen LogP contribution >= 0.6 is 0 Å². The molecule has 1 heterocycles. The first-order valence-electron chi connectivity index (χ1n) is 6.82. The third kappa shape index (κ3) is 3.81. The van der Waals surface area contributed by atoms with Crippen molar-refractivity contribution in [2.45, 2.75) is 37.9 Å². The smallest absolute Gasteiger partial charge is 0.243 e. The van der Waals surface area contributed by atoms with Crippen LogP contribution in [0.3, 0.4) is 0 Å². The summed E-state index contributed by atoms with van der Waals surface area (Å²) < 4.78 is 32.2. The first kappa shape index (κ1) is 15.9. The SMILES string of the molecule is CC(=O)Nc1ccc(S(=O)(=O)N2C[C@H](C)O[C@@H](C)C2)cc1. The Kier molecular flexibility index (Phi) is 4.65. The molecule has 0 saturated carbocycles. The van der Waals surface area contributed by atoms with Crippen molar-refractivity contribution < 1.29 is 17.9 Å². The van der Waals surface area contributed by atoms with Gasteiger partial charge in [0.15, 0.2) is 0 Å². The Bertz CT molecular complexity index is 602. The predicted molar refractivity (Wildman–Crippen MR) is 79.5 cm³/mol. The number of carbonyl (C=O) groups excluding carboxylic acids is 1. The molecule has 1 aromatic rings. The number of anilines is 1. The Labute approximate surface area is 125 Å². The van der Waals surface area contributed by atoms with Crippen LogP contribution < -0.4 is 5.32 Å². The standard InChI is InChI=1S/C14H20N2O4S/c1-10-8-16(9-11(2)20-10)21(18,19)14-6-4-13(5-7-14)15-12(3)17/h4-7,10-11H,8-9H2,1-3H3,(H,15,17)/t10-,11-/m0/s1. The number of morpholine rings is 1. The highest BCUT2D eigenvalue weighted by Crippen LogP contribution is 2.22. The molecule has 2 rings (SSSR count). The highest BCUT2D eigenvalue weighted by molar-refractivity contribution is 7.89. The number of hydrogen-bond donors (Lipinski definition) is 1. The van der Waals surface area contributed by atoms with Crippen molar-refractivity contribution >= 4 is 21.6 Å². The van der Waals surface area contributed by atoms with Gasteiger partial charge in [-0.05, 0) is 38.1 Å². The van der Waals surface area contributed by atoms with Gasteiger partial charge in [-0.15, -0.1) is 0 Å². The first-order valence-corrected chi connectivity index (χ1v) is 8.26. The second-order valence-electron chi connectivity index (χ2n) is 5.28. The third-order valence-electron chi connectivity index (χ3n) is 3.20. The number of rotatable bonds is 3. The molecule has 1 fully saturated rings. The van der Waals surface area contributed by atoms with Gasteiger partial charge in [-0.2, -0.15) is 4.31 Å². The number of hydrogen-bond acceptors (Lipinski definition) is 4. The van der Waals surface area contributed by atoms with Gasteiger partial charge < -0.3 is 10.1 Å². The molecule has 116 valence electrons. The van der Waals surface area contributed by atoms with Crippen molar-refractivity contribution in [3.63, 3.8) is 0 Å². The molecule has 1 aromatic carbocycles. The van der Waals surface area contributed by atoms with Crippen molar-refractivity contribution in [1.82, 2.24) is 4.31 Å². The van der Waals surface area contributed by atoms with Crippen molar-refractivity contribution in [2.24, 2.45) is 0 Å². The van der Waals surface area contributed by atoms with Crippen molar-refractivity contribution in [3.8, 4) is 0 Å². The van der Waals surface area contributed by atoms with Crippen molar-refractivity contribution in [1.29, 1.82) is 0 Å². The summed E-state index contributed by atoms with van der Waals surface area (Å²) in [6.45, 7) is 5.82. The normalized spacial score (nSPS) is 23.8. The van der Waals surface area contributed by atoms with Gasteiger partial charge in [0.25, 0.3) is 0 Å². The van der Waals surface area contributed by atoms with Gasteiger partial charge >= 0.3 is 0 Å². The van der Waals surface area contributed by atoms with Gasteiger partial charge in [0.05, 0.1) is 17.1 Å². The highest BCUT2D eigenvalue weighted by atomic mass is 32.2. The molecule has 7 heteroatoms. The summed E-state index contributed by atoms with van der Waals surface area (Å²) in [6.07, 6.45) is -0.246. The second-order valence-corrected chi connectivity index (χ2v) is 7.22. The van der Waals surface area contributed by atoms with Gasteiger partial charge in [-0.25, -0.2) is 8.42 Å². The third-order valence-corrected chi connectivity index (χ3v) is 5.04. The Morgan fingerprint density at radius 1 is 1.19 bits per heavy atom. The van der Waals surface area contributed by atoms with Crippen LogP contribution in [0.1, 0.15) is 20.8 Å². The fraction of sp³-hybridized carbons (Fsp3) is 0.500. The van der Waals surface area contributed by atoms with Crippen LogP contribution in [-0.2, 0) is 19.6 Å². The lowest BCUT2D eigenvalue weighted by Crippen LogP contribution is -2.48. The minimum absolute atomic E-state index is 0.123. The predicted octanol–water partition coefficient (Wildman–Crippen LogP) is 1.44. The highest BCUT2D eigenvalue weighted by Gasteiger charge is 2.32. The molecule has 1 N–H and O–H groups in total. The fourth-order valence-electron chi connectivity index (χ4n) is 2.39. The molecule has 0 radical (unpaired) electrons. The van der Waals surface area contributed by atoms with Crippen LogP contribution in [0, 0.1) is 0 Å². The van der Waals surface area contributed by atoms with E-state index in [0.29, 0.717) is 18.8 Å². The van der Waals surface area contributed by atoms with E-state index in [4.69, 9.17) is 4.74 Å². The van der Waals surface area contributed by atoms with Crippen LogP contribution in [0.2, 0.25) is 0 Å². The number of amides is 1. The van der Waals surface area contributed by atoms with E-state index in [1.54, 1.807) is 12.1 Å². The van der Waals surface area contributed by atoms with Gasteiger partial charge in [-0.3, -0.25) is 4.79 Å². The van der Waals surface area contributed by atoms with Gasteiger partial charge in [0, 0.05) is 25.7 Å². The molecule has 6 nitrogen and oxygen atoms in total. The minimum Gasteiger partial charge on any atom is -0.373 e. The van der Waals surface area contributed by atoms with Crippen molar-refractivity contribution in [2.75, 3.05) is 18.4 Å². The number of sulfonamides is 1. The summed E-state index contributed by atoms with van der Waals surface area (Å²) in [4.78, 5) is 11.2. The lowest BCUT2D eigenvalue weighted by atomic mass is 10.3. The zero-order valence-electron chi connectivity index (χ0n) is 12.4. The zero-order chi connectivity index (χ0) is 15.6. The summed E-state index contributed by atoms with van der Waals surface area (Å²) in [7, 11) is -3.53. The molecule has 2 atom stereocenters. The summed E-state index contributed by atoms with van der Waals surface area (Å²) in [6, 6.07) is 6.18. The monoisotopic (exact) mass is 312 g/mol. The fourth-order valence-corrected chi connectivity index (χ4v) is 3.98. The lowest BCUT2D eigenvalue weighted by molar-refractivity contribution is -0.114. The molecule has 1 amide bonds. The molecule has 0 bridgehead atoms. The van der Waals surface area contributed by atoms with Gasteiger partial charge in [0.2, 0.25) is 15.9 Å². The van der Waals surface area contributed by atoms with E-state index >= 15 is 0 Å². The Morgan fingerprint density at radius 2 is 1.71 bits per heavy atom. The van der Waals surface area contributed by atoms with E-state index in [9.17, 15) is 13.2 Å². The lowest BCUT2D eigenvalue weighted by Gasteiger charge is -2.34. The van der Waals surface area contributed by atoms with E-state index in [-0.39, 0.29) is 23.0 Å². The van der Waals surface area contributed by atoms with Gasteiger partial charge in [0.1, 0.15) is 0 Å². The van der Waals surface area contributed by atoms with Crippen molar-refractivity contribution in [3.05, 3.63) is 24.3 Å². The number of nitrogens with one attached hydrogen (secondary N) is 1. The number of carbonyl (C=O) groups is 1. The largest absolute Gasteiger partial charge is 0.373 e. The Balaban J connectivity index is 2.21. The number of ether oxygens (including phenoxy) is 1. The van der Waals surface area contributed by atoms with Crippen LogP contribution in [0.4, 0.5) is 5.69 Å². The summed E-state index contributed by atoms with van der Waals surface area (Å²) in [5.74, 6) is -0.193. The average Bonchev–Trinajstić information content (AvgIpc) is 2.37. The van der Waals surface area contributed by atoms with E-state index < -0.39 is 10.0 Å². The number of benzene rings is 1. The van der Waals surface area contributed by atoms with E-state index in [0.717, 1.165) is 0 Å². The summed E-state index contributed by atoms with van der Waals surface area (Å²) in [5.41, 5.74) is 0.574.